The van der Waals surface area contributed by atoms with Crippen LogP contribution in [0.3, 0.4) is 0 Å². The molecule has 0 aromatic heterocycles. The number of hydrogen-bond donors (Lipinski definition) is 1. The van der Waals surface area contributed by atoms with Gasteiger partial charge in [-0.15, -0.1) is 0 Å². The van der Waals surface area contributed by atoms with Crippen LogP contribution < -0.4 is 14.8 Å². The third-order valence-electron chi connectivity index (χ3n) is 8.29. The Hall–Kier alpha value is -3.06. The molecule has 200 valence electrons. The lowest BCUT2D eigenvalue weighted by molar-refractivity contribution is -0.126. The molecular formula is C30H41N3O4. The predicted molar refractivity (Wildman–Crippen MR) is 146 cm³/mol. The van der Waals surface area contributed by atoms with Crippen LogP contribution >= 0.6 is 0 Å². The van der Waals surface area contributed by atoms with E-state index in [9.17, 15) is 9.59 Å². The van der Waals surface area contributed by atoms with Crippen LogP contribution in [0.5, 0.6) is 11.5 Å². The Balaban J connectivity index is 1.66. The Bertz CT molecular complexity index is 1050. The van der Waals surface area contributed by atoms with E-state index in [0.717, 1.165) is 32.4 Å². The van der Waals surface area contributed by atoms with Gasteiger partial charge in [-0.2, -0.15) is 0 Å². The summed E-state index contributed by atoms with van der Waals surface area (Å²) in [4.78, 5) is 32.5. The number of piperidine rings is 2. The summed E-state index contributed by atoms with van der Waals surface area (Å²) in [5.41, 5.74) is 0.138. The second kappa shape index (κ2) is 12.0. The Morgan fingerprint density at radius 3 is 2.32 bits per heavy atom. The first-order chi connectivity index (χ1) is 17.9. The van der Waals surface area contributed by atoms with Crippen molar-refractivity contribution in [2.45, 2.75) is 64.0 Å². The summed E-state index contributed by atoms with van der Waals surface area (Å²) < 4.78 is 10.8. The quantitative estimate of drug-likeness (QED) is 0.504. The molecule has 2 aromatic carbocycles. The van der Waals surface area contributed by atoms with E-state index in [-0.39, 0.29) is 11.8 Å². The lowest BCUT2D eigenvalue weighted by Gasteiger charge is -2.48. The molecule has 0 bridgehead atoms. The fraction of sp³-hybridized carbons (Fsp3) is 0.533. The zero-order valence-electron chi connectivity index (χ0n) is 22.7. The summed E-state index contributed by atoms with van der Waals surface area (Å²) >= 11 is 0. The number of methoxy groups -OCH3 is 2. The largest absolute Gasteiger partial charge is 0.497 e. The zero-order valence-corrected chi connectivity index (χ0v) is 22.7. The molecule has 0 aliphatic carbocycles. The standard InChI is InChI=1S/C30H41N3O4/c1-5-30(2,29(35)31-24-18-25(36-3)20-26(19-24)37-4)33(28(34)22-12-7-6-8-13-22)21-23-14-11-17-32-16-10-9-15-27(23)32/h6-8,12-13,18-20,23,27H,5,9-11,14-17,21H2,1-4H3,(H,31,35)/t23?,27-,30?/m1/s1. The molecule has 2 fully saturated rings. The first kappa shape index (κ1) is 27.0. The monoisotopic (exact) mass is 507 g/mol. The Morgan fingerprint density at radius 2 is 1.68 bits per heavy atom. The van der Waals surface area contributed by atoms with E-state index < -0.39 is 5.54 Å². The van der Waals surface area contributed by atoms with Crippen LogP contribution in [0.2, 0.25) is 0 Å². The van der Waals surface area contributed by atoms with Gasteiger partial charge in [0.05, 0.1) is 14.2 Å². The Morgan fingerprint density at radius 1 is 1.00 bits per heavy atom. The topological polar surface area (TPSA) is 71.1 Å². The van der Waals surface area contributed by atoms with Gasteiger partial charge in [-0.25, -0.2) is 0 Å². The fourth-order valence-corrected chi connectivity index (χ4v) is 5.89. The van der Waals surface area contributed by atoms with Crippen LogP contribution in [0, 0.1) is 5.92 Å². The highest BCUT2D eigenvalue weighted by Gasteiger charge is 2.44. The molecule has 7 nitrogen and oxygen atoms in total. The number of hydrogen-bond acceptors (Lipinski definition) is 5. The molecule has 2 heterocycles. The van der Waals surface area contributed by atoms with Crippen molar-refractivity contribution in [3.05, 3.63) is 54.1 Å². The summed E-state index contributed by atoms with van der Waals surface area (Å²) in [5.74, 6) is 1.20. The third kappa shape index (κ3) is 5.93. The maximum Gasteiger partial charge on any atom is 0.254 e. The van der Waals surface area contributed by atoms with Gasteiger partial charge in [-0.1, -0.05) is 31.5 Å². The number of rotatable bonds is 9. The number of amides is 2. The molecule has 2 saturated heterocycles. The van der Waals surface area contributed by atoms with Gasteiger partial charge in [0.2, 0.25) is 5.91 Å². The number of carbonyl (C=O) groups excluding carboxylic acids is 2. The van der Waals surface area contributed by atoms with E-state index in [1.165, 1.54) is 12.8 Å². The maximum atomic E-state index is 14.0. The lowest BCUT2D eigenvalue weighted by atomic mass is 9.81. The molecule has 2 amide bonds. The molecule has 2 unspecified atom stereocenters. The first-order valence-electron chi connectivity index (χ1n) is 13.5. The minimum absolute atomic E-state index is 0.101. The third-order valence-corrected chi connectivity index (χ3v) is 8.29. The van der Waals surface area contributed by atoms with E-state index in [2.05, 4.69) is 10.2 Å². The highest BCUT2D eigenvalue weighted by atomic mass is 16.5. The van der Waals surface area contributed by atoms with Crippen molar-refractivity contribution in [3.8, 4) is 11.5 Å². The van der Waals surface area contributed by atoms with Crippen LogP contribution in [0.15, 0.2) is 48.5 Å². The van der Waals surface area contributed by atoms with Gasteiger partial charge in [0, 0.05) is 42.0 Å². The molecule has 2 aliphatic heterocycles. The van der Waals surface area contributed by atoms with Crippen molar-refractivity contribution in [2.24, 2.45) is 5.92 Å². The van der Waals surface area contributed by atoms with Gasteiger partial charge >= 0.3 is 0 Å². The number of carbonyl (C=O) groups is 2. The second-order valence-corrected chi connectivity index (χ2v) is 10.5. The summed E-state index contributed by atoms with van der Waals surface area (Å²) in [6, 6.07) is 15.1. The van der Waals surface area contributed by atoms with Crippen molar-refractivity contribution < 1.29 is 19.1 Å². The first-order valence-corrected chi connectivity index (χ1v) is 13.5. The summed E-state index contributed by atoms with van der Waals surface area (Å²) in [6.45, 7) is 6.70. The average Bonchev–Trinajstić information content (AvgIpc) is 2.95. The molecule has 7 heteroatoms. The van der Waals surface area contributed by atoms with E-state index >= 15 is 0 Å². The number of nitrogens with one attached hydrogen (secondary N) is 1. The lowest BCUT2D eigenvalue weighted by Crippen LogP contribution is -2.60. The Labute approximate surface area is 221 Å². The molecule has 1 N–H and O–H groups in total. The van der Waals surface area contributed by atoms with Gasteiger partial charge < -0.3 is 24.6 Å². The average molecular weight is 508 g/mol. The minimum atomic E-state index is -1.04. The molecule has 0 spiro atoms. The van der Waals surface area contributed by atoms with Crippen LogP contribution in [0.1, 0.15) is 62.7 Å². The number of fused-ring (bicyclic) bond motifs is 1. The highest BCUT2D eigenvalue weighted by Crippen LogP contribution is 2.35. The Kier molecular flexibility index (Phi) is 8.75. The number of anilines is 1. The molecule has 4 rings (SSSR count). The molecule has 2 aromatic rings. The molecule has 3 atom stereocenters. The van der Waals surface area contributed by atoms with Crippen molar-refractivity contribution in [1.82, 2.24) is 9.80 Å². The normalized spacial score (nSPS) is 21.3. The predicted octanol–water partition coefficient (Wildman–Crippen LogP) is 5.22. The smallest absolute Gasteiger partial charge is 0.254 e. The highest BCUT2D eigenvalue weighted by molar-refractivity contribution is 6.03. The zero-order chi connectivity index (χ0) is 26.4. The van der Waals surface area contributed by atoms with Crippen LogP contribution in [-0.4, -0.2) is 67.0 Å². The number of ether oxygens (including phenoxy) is 2. The summed E-state index contributed by atoms with van der Waals surface area (Å²) in [6.07, 6.45) is 6.33. The van der Waals surface area contributed by atoms with Gasteiger partial charge in [-0.05, 0) is 70.2 Å². The second-order valence-electron chi connectivity index (χ2n) is 10.5. The summed E-state index contributed by atoms with van der Waals surface area (Å²) in [7, 11) is 3.16. The SMILES string of the molecule is CCC(C)(C(=O)Nc1cc(OC)cc(OC)c1)N(CC1CCCN2CCCC[C@H]12)C(=O)c1ccccc1. The van der Waals surface area contributed by atoms with Gasteiger partial charge in [0.1, 0.15) is 17.0 Å². The minimum Gasteiger partial charge on any atom is -0.497 e. The summed E-state index contributed by atoms with van der Waals surface area (Å²) in [5, 5.41) is 3.06. The van der Waals surface area contributed by atoms with E-state index in [4.69, 9.17) is 9.47 Å². The fourth-order valence-electron chi connectivity index (χ4n) is 5.89. The van der Waals surface area contributed by atoms with Gasteiger partial charge in [0.15, 0.2) is 0 Å². The molecule has 2 aliphatic rings. The van der Waals surface area contributed by atoms with Gasteiger partial charge in [0.25, 0.3) is 5.91 Å². The molecule has 0 radical (unpaired) electrons. The van der Waals surface area contributed by atoms with Crippen molar-refractivity contribution in [2.75, 3.05) is 39.2 Å². The van der Waals surface area contributed by atoms with Crippen molar-refractivity contribution in [3.63, 3.8) is 0 Å². The molecule has 37 heavy (non-hydrogen) atoms. The maximum absolute atomic E-state index is 14.0. The van der Waals surface area contributed by atoms with Gasteiger partial charge in [-0.3, -0.25) is 9.59 Å². The van der Waals surface area contributed by atoms with Crippen LogP contribution in [0.4, 0.5) is 5.69 Å². The van der Waals surface area contributed by atoms with E-state index in [1.54, 1.807) is 32.4 Å². The molecule has 0 saturated carbocycles. The van der Waals surface area contributed by atoms with Crippen molar-refractivity contribution >= 4 is 17.5 Å². The number of nitrogens with zero attached hydrogens (tertiary/aromatic N) is 2. The van der Waals surface area contributed by atoms with E-state index in [1.807, 2.05) is 49.1 Å². The molecular weight excluding hydrogens is 466 g/mol. The van der Waals surface area contributed by atoms with Crippen LogP contribution in [0.25, 0.3) is 0 Å². The number of benzene rings is 2. The van der Waals surface area contributed by atoms with E-state index in [0.29, 0.717) is 47.7 Å². The van der Waals surface area contributed by atoms with Crippen molar-refractivity contribution in [1.29, 1.82) is 0 Å². The van der Waals surface area contributed by atoms with Crippen LogP contribution in [-0.2, 0) is 4.79 Å².